The van der Waals surface area contributed by atoms with Crippen molar-refractivity contribution < 1.29 is 14.4 Å². The van der Waals surface area contributed by atoms with Crippen LogP contribution < -0.4 is 16.0 Å². The molecule has 0 saturated heterocycles. The van der Waals surface area contributed by atoms with E-state index >= 15 is 0 Å². The Morgan fingerprint density at radius 3 is 2.56 bits per heavy atom. The van der Waals surface area contributed by atoms with Gasteiger partial charge in [0.25, 0.3) is 5.91 Å². The first-order valence-electron chi connectivity index (χ1n) is 9.02. The molecule has 0 unspecified atom stereocenters. The second kappa shape index (κ2) is 7.61. The molecule has 0 fully saturated rings. The first-order chi connectivity index (χ1) is 12.9. The van der Waals surface area contributed by atoms with Crippen LogP contribution in [0.1, 0.15) is 47.8 Å². The maximum atomic E-state index is 13.2. The highest BCUT2D eigenvalue weighted by Crippen LogP contribution is 2.35. The summed E-state index contributed by atoms with van der Waals surface area (Å²) in [5, 5.41) is 2.54. The number of urea groups is 1. The summed E-state index contributed by atoms with van der Waals surface area (Å²) in [6, 6.07) is 13.3. The average Bonchev–Trinajstić information content (AvgIpc) is 2.67. The van der Waals surface area contributed by atoms with Crippen LogP contribution in [0.5, 0.6) is 0 Å². The van der Waals surface area contributed by atoms with Gasteiger partial charge >= 0.3 is 6.03 Å². The average molecular weight is 365 g/mol. The number of nitrogens with zero attached hydrogens (tertiary/aromatic N) is 1. The Balaban J connectivity index is 2.09. The minimum Gasteiger partial charge on any atom is -0.352 e. The van der Waals surface area contributed by atoms with E-state index in [1.807, 2.05) is 50.2 Å². The van der Waals surface area contributed by atoms with Crippen molar-refractivity contribution in [3.05, 3.63) is 65.2 Å². The number of carbonyl (C=O) groups excluding carboxylic acids is 3. The first kappa shape index (κ1) is 18.6. The molecule has 3 amide bonds. The van der Waals surface area contributed by atoms with E-state index in [4.69, 9.17) is 5.73 Å². The number of fused-ring (bicyclic) bond motifs is 1. The van der Waals surface area contributed by atoms with Crippen molar-refractivity contribution >= 4 is 23.4 Å². The molecule has 0 bridgehead atoms. The Labute approximate surface area is 158 Å². The largest absolute Gasteiger partial charge is 0.352 e. The van der Waals surface area contributed by atoms with Gasteiger partial charge in [0.1, 0.15) is 6.04 Å². The van der Waals surface area contributed by atoms with Gasteiger partial charge in [0.05, 0.1) is 6.04 Å². The fraction of sp³-hybridized carbons (Fsp3) is 0.286. The number of primary amides is 1. The second-order valence-corrected chi connectivity index (χ2v) is 6.68. The third kappa shape index (κ3) is 3.69. The Morgan fingerprint density at radius 2 is 1.93 bits per heavy atom. The highest BCUT2D eigenvalue weighted by Gasteiger charge is 2.36. The molecule has 27 heavy (non-hydrogen) atoms. The Morgan fingerprint density at radius 1 is 1.22 bits per heavy atom. The highest BCUT2D eigenvalue weighted by atomic mass is 16.2. The molecule has 6 heteroatoms. The summed E-state index contributed by atoms with van der Waals surface area (Å²) in [5.74, 6) is -0.214. The number of carbonyl (C=O) groups is 3. The van der Waals surface area contributed by atoms with Crippen LogP contribution in [0.15, 0.2) is 48.5 Å². The van der Waals surface area contributed by atoms with Gasteiger partial charge in [-0.25, -0.2) is 4.79 Å². The number of nitrogens with one attached hydrogen (secondary N) is 1. The molecule has 2 atom stereocenters. The number of nitrogens with two attached hydrogens (primary N) is 1. The number of amides is 3. The van der Waals surface area contributed by atoms with Gasteiger partial charge in [0.2, 0.25) is 0 Å². The normalized spacial score (nSPS) is 17.2. The summed E-state index contributed by atoms with van der Waals surface area (Å²) in [4.78, 5) is 38.3. The van der Waals surface area contributed by atoms with Crippen molar-refractivity contribution in [3.8, 4) is 0 Å². The second-order valence-electron chi connectivity index (χ2n) is 6.68. The molecular formula is C21H23N3O3. The third-order valence-corrected chi connectivity index (χ3v) is 4.93. The Bertz CT molecular complexity index is 879. The topological polar surface area (TPSA) is 92.5 Å². The smallest absolute Gasteiger partial charge is 0.312 e. The monoisotopic (exact) mass is 365 g/mol. The molecule has 3 N–H and O–H groups in total. The van der Waals surface area contributed by atoms with Crippen molar-refractivity contribution in [2.75, 3.05) is 4.90 Å². The summed E-state index contributed by atoms with van der Waals surface area (Å²) in [5.41, 5.74) is 8.39. The van der Waals surface area contributed by atoms with Crippen LogP contribution in [0.3, 0.4) is 0 Å². The minimum absolute atomic E-state index is 0.0231. The molecule has 140 valence electrons. The maximum absolute atomic E-state index is 13.2. The molecule has 1 heterocycles. The van der Waals surface area contributed by atoms with Crippen molar-refractivity contribution in [2.24, 2.45) is 5.73 Å². The number of ketones is 1. The number of benzene rings is 2. The van der Waals surface area contributed by atoms with Gasteiger partial charge in [-0.3, -0.25) is 9.59 Å². The minimum atomic E-state index is -0.734. The van der Waals surface area contributed by atoms with Gasteiger partial charge in [-0.15, -0.1) is 0 Å². The summed E-state index contributed by atoms with van der Waals surface area (Å²) in [6.45, 7) is 3.74. The van der Waals surface area contributed by atoms with E-state index in [1.54, 1.807) is 17.0 Å². The Kier molecular flexibility index (Phi) is 5.26. The predicted octanol–water partition coefficient (Wildman–Crippen LogP) is 2.97. The van der Waals surface area contributed by atoms with E-state index in [0.29, 0.717) is 24.1 Å². The molecule has 2 aromatic rings. The van der Waals surface area contributed by atoms with Crippen molar-refractivity contribution in [1.29, 1.82) is 0 Å². The van der Waals surface area contributed by atoms with Crippen LogP contribution in [-0.4, -0.2) is 23.8 Å². The molecular weight excluding hydrogens is 342 g/mol. The van der Waals surface area contributed by atoms with E-state index in [-0.39, 0.29) is 17.7 Å². The quantitative estimate of drug-likeness (QED) is 0.798. The molecule has 3 rings (SSSR count). The van der Waals surface area contributed by atoms with E-state index in [2.05, 4.69) is 5.32 Å². The van der Waals surface area contributed by atoms with Gasteiger partial charge in [-0.05, 0) is 24.1 Å². The fourth-order valence-electron chi connectivity index (χ4n) is 3.50. The van der Waals surface area contributed by atoms with E-state index < -0.39 is 12.1 Å². The number of hydrogen-bond donors (Lipinski definition) is 2. The van der Waals surface area contributed by atoms with Crippen LogP contribution >= 0.6 is 0 Å². The number of hydrogen-bond acceptors (Lipinski definition) is 3. The molecule has 0 aromatic heterocycles. The fourth-order valence-corrected chi connectivity index (χ4v) is 3.50. The van der Waals surface area contributed by atoms with Crippen molar-refractivity contribution in [2.45, 2.75) is 38.8 Å². The molecule has 0 spiro atoms. The summed E-state index contributed by atoms with van der Waals surface area (Å²) in [7, 11) is 0. The van der Waals surface area contributed by atoms with Gasteiger partial charge in [0.15, 0.2) is 5.78 Å². The van der Waals surface area contributed by atoms with Crippen LogP contribution in [0.4, 0.5) is 10.5 Å². The lowest BCUT2D eigenvalue weighted by atomic mass is 9.92. The first-order valence-corrected chi connectivity index (χ1v) is 9.02. The molecule has 0 radical (unpaired) electrons. The number of anilines is 1. The zero-order valence-electron chi connectivity index (χ0n) is 15.4. The molecule has 2 aromatic carbocycles. The molecule has 1 aliphatic rings. The lowest BCUT2D eigenvalue weighted by Gasteiger charge is -2.38. The van der Waals surface area contributed by atoms with E-state index in [1.165, 1.54) is 0 Å². The van der Waals surface area contributed by atoms with Crippen LogP contribution in [-0.2, 0) is 11.2 Å². The van der Waals surface area contributed by atoms with Gasteiger partial charge in [-0.1, -0.05) is 49.4 Å². The van der Waals surface area contributed by atoms with Crippen LogP contribution in [0, 0.1) is 0 Å². The van der Waals surface area contributed by atoms with Gasteiger partial charge < -0.3 is 16.0 Å². The lowest BCUT2D eigenvalue weighted by molar-refractivity contribution is -0.121. The van der Waals surface area contributed by atoms with Gasteiger partial charge in [-0.2, -0.15) is 0 Å². The molecule has 0 aliphatic carbocycles. The SMILES string of the molecule is CCC(=O)c1ccc2c(c1)N([C@@H](C)c1ccccc1)C(=O)[C@H](NC(N)=O)C2. The number of Topliss-reactive ketones (excluding diaryl/α,β-unsaturated/α-hetero) is 1. The summed E-state index contributed by atoms with van der Waals surface area (Å²) < 4.78 is 0. The zero-order chi connectivity index (χ0) is 19.6. The third-order valence-electron chi connectivity index (χ3n) is 4.93. The summed E-state index contributed by atoms with van der Waals surface area (Å²) in [6.07, 6.45) is 0.739. The maximum Gasteiger partial charge on any atom is 0.312 e. The van der Waals surface area contributed by atoms with Crippen molar-refractivity contribution in [3.63, 3.8) is 0 Å². The molecule has 6 nitrogen and oxygen atoms in total. The lowest BCUT2D eigenvalue weighted by Crippen LogP contribution is -2.54. The Hall–Kier alpha value is -3.15. The number of rotatable bonds is 5. The highest BCUT2D eigenvalue weighted by molar-refractivity contribution is 6.04. The van der Waals surface area contributed by atoms with E-state index in [0.717, 1.165) is 11.1 Å². The summed E-state index contributed by atoms with van der Waals surface area (Å²) >= 11 is 0. The molecule has 0 saturated carbocycles. The van der Waals surface area contributed by atoms with Crippen LogP contribution in [0.2, 0.25) is 0 Å². The van der Waals surface area contributed by atoms with Crippen molar-refractivity contribution in [1.82, 2.24) is 5.32 Å². The molecule has 1 aliphatic heterocycles. The van der Waals surface area contributed by atoms with Gasteiger partial charge in [0, 0.05) is 24.1 Å². The van der Waals surface area contributed by atoms with E-state index in [9.17, 15) is 14.4 Å². The predicted molar refractivity (Wildman–Crippen MR) is 104 cm³/mol. The standard InChI is InChI=1S/C21H23N3O3/c1-3-19(25)16-10-9-15-11-17(23-21(22)27)20(26)24(18(15)12-16)13(2)14-7-5-4-6-8-14/h4-10,12-13,17H,3,11H2,1-2H3,(H3,22,23,27)/t13-,17+/m0/s1. The zero-order valence-corrected chi connectivity index (χ0v) is 15.4. The van der Waals surface area contributed by atoms with Crippen LogP contribution in [0.25, 0.3) is 0 Å².